The second-order valence-corrected chi connectivity index (χ2v) is 6.42. The summed E-state index contributed by atoms with van der Waals surface area (Å²) in [7, 11) is 0. The van der Waals surface area contributed by atoms with E-state index < -0.39 is 6.10 Å². The third-order valence-electron chi connectivity index (χ3n) is 3.96. The number of nitrogens with zero attached hydrogens (tertiary/aromatic N) is 1. The van der Waals surface area contributed by atoms with Gasteiger partial charge in [0.1, 0.15) is 0 Å². The van der Waals surface area contributed by atoms with E-state index in [0.29, 0.717) is 19.5 Å². The number of aliphatic imine (C=N–C) groups is 1. The molecule has 0 aromatic heterocycles. The Labute approximate surface area is 131 Å². The molecule has 1 aliphatic rings. The van der Waals surface area contributed by atoms with Gasteiger partial charge in [-0.15, -0.1) is 11.8 Å². The van der Waals surface area contributed by atoms with Crippen molar-refractivity contribution in [3.8, 4) is 0 Å². The fourth-order valence-electron chi connectivity index (χ4n) is 2.37. The largest absolute Gasteiger partial charge is 0.392 e. The Morgan fingerprint density at radius 1 is 1.67 bits per heavy atom. The van der Waals surface area contributed by atoms with E-state index in [1.807, 2.05) is 24.8 Å². The highest BCUT2D eigenvalue weighted by atomic mass is 32.2. The molecule has 0 aliphatic carbocycles. The van der Waals surface area contributed by atoms with Crippen molar-refractivity contribution in [1.29, 1.82) is 0 Å². The van der Waals surface area contributed by atoms with Crippen molar-refractivity contribution in [2.24, 2.45) is 10.4 Å². The number of aliphatic hydroxyl groups is 1. The monoisotopic (exact) mass is 313 g/mol. The Hall–Kier alpha value is -0.850. The lowest BCUT2D eigenvalue weighted by Gasteiger charge is -2.31. The molecule has 1 amide bonds. The minimum absolute atomic E-state index is 0.0525. The Bertz CT molecular complexity index is 400. The molecule has 1 unspecified atom stereocenters. The van der Waals surface area contributed by atoms with E-state index in [2.05, 4.69) is 35.5 Å². The molecule has 0 radical (unpaired) electrons. The van der Waals surface area contributed by atoms with Crippen LogP contribution in [-0.2, 0) is 4.79 Å². The number of allylic oxidation sites excluding steroid dienone is 1. The van der Waals surface area contributed by atoms with Crippen molar-refractivity contribution in [2.45, 2.75) is 45.4 Å². The first kappa shape index (κ1) is 18.2. The number of nitrogens with one attached hydrogen (secondary N) is 2. The molecule has 5 nitrogen and oxygen atoms in total. The second-order valence-electron chi connectivity index (χ2n) is 5.74. The van der Waals surface area contributed by atoms with E-state index in [-0.39, 0.29) is 23.4 Å². The van der Waals surface area contributed by atoms with Crippen LogP contribution >= 0.6 is 11.8 Å². The fraction of sp³-hybridized carbons (Fsp3) is 0.733. The highest BCUT2D eigenvalue weighted by Gasteiger charge is 2.32. The first-order chi connectivity index (χ1) is 9.92. The first-order valence-electron chi connectivity index (χ1n) is 7.30. The molecule has 6 heteroatoms. The Morgan fingerprint density at radius 2 is 2.38 bits per heavy atom. The zero-order valence-corrected chi connectivity index (χ0v) is 14.1. The third kappa shape index (κ3) is 5.45. The number of hydrogen-bond donors (Lipinski definition) is 3. The maximum absolute atomic E-state index is 12.1. The summed E-state index contributed by atoms with van der Waals surface area (Å²) in [6.45, 7) is 7.12. The predicted octanol–water partition coefficient (Wildman–Crippen LogP) is 1.19. The molecule has 1 fully saturated rings. The summed E-state index contributed by atoms with van der Waals surface area (Å²) >= 11 is 1.57. The lowest BCUT2D eigenvalue weighted by Crippen LogP contribution is -2.46. The van der Waals surface area contributed by atoms with Crippen molar-refractivity contribution in [1.82, 2.24) is 10.6 Å². The van der Waals surface area contributed by atoms with Gasteiger partial charge in [-0.25, -0.2) is 0 Å². The number of thioether (sulfide) groups is 1. The molecule has 1 saturated heterocycles. The number of aliphatic hydroxyl groups excluding tert-OH is 1. The summed E-state index contributed by atoms with van der Waals surface area (Å²) < 4.78 is 0. The van der Waals surface area contributed by atoms with Gasteiger partial charge in [-0.1, -0.05) is 19.1 Å². The van der Waals surface area contributed by atoms with Crippen molar-refractivity contribution in [2.75, 3.05) is 19.3 Å². The first-order valence-corrected chi connectivity index (χ1v) is 8.59. The number of amides is 1. The molecule has 0 spiro atoms. The smallest absolute Gasteiger partial charge is 0.237 e. The highest BCUT2D eigenvalue weighted by molar-refractivity contribution is 8.11. The normalized spacial score (nSPS) is 27.1. The van der Waals surface area contributed by atoms with Crippen LogP contribution in [0.4, 0.5) is 0 Å². The van der Waals surface area contributed by atoms with Crippen LogP contribution in [0, 0.1) is 5.41 Å². The fourth-order valence-corrected chi connectivity index (χ4v) is 2.67. The zero-order chi connectivity index (χ0) is 15.9. The number of carbonyl (C=O) groups is 1. The van der Waals surface area contributed by atoms with Crippen LogP contribution in [0.25, 0.3) is 0 Å². The van der Waals surface area contributed by atoms with E-state index in [0.717, 1.165) is 0 Å². The molecule has 0 saturated carbocycles. The van der Waals surface area contributed by atoms with Gasteiger partial charge in [0.05, 0.1) is 23.7 Å². The summed E-state index contributed by atoms with van der Waals surface area (Å²) in [5.74, 6) is -0.0525. The molecule has 4 atom stereocenters. The van der Waals surface area contributed by atoms with Crippen molar-refractivity contribution in [3.05, 3.63) is 12.2 Å². The summed E-state index contributed by atoms with van der Waals surface area (Å²) in [6.07, 6.45) is 6.11. The number of hydrogen-bond acceptors (Lipinski definition) is 5. The highest BCUT2D eigenvalue weighted by Crippen LogP contribution is 2.25. The van der Waals surface area contributed by atoms with Gasteiger partial charge in [-0.3, -0.25) is 9.79 Å². The summed E-state index contributed by atoms with van der Waals surface area (Å²) in [5, 5.41) is 15.5. The third-order valence-corrected chi connectivity index (χ3v) is 4.29. The Morgan fingerprint density at radius 3 is 2.90 bits per heavy atom. The van der Waals surface area contributed by atoms with Crippen LogP contribution in [-0.4, -0.2) is 54.1 Å². The standard InChI is InChI=1S/C15H27N3O2S/c1-5-6-15(3,11(2)18-10-21-4)9-17-14(20)13-7-12(19)8-16-13/h5-6,10-13,16,19H,7-9H2,1-4H3,(H,17,20)/b6-5-,18-10-/t11-,12+,13-,15?/m0/s1. The molecule has 0 aromatic carbocycles. The van der Waals surface area contributed by atoms with Gasteiger partial charge in [0.2, 0.25) is 5.91 Å². The molecule has 1 aliphatic heterocycles. The molecule has 1 rings (SSSR count). The van der Waals surface area contributed by atoms with Crippen molar-refractivity contribution < 1.29 is 9.90 Å². The van der Waals surface area contributed by atoms with E-state index in [1.165, 1.54) is 0 Å². The molecule has 3 N–H and O–H groups in total. The molecule has 0 bridgehead atoms. The Kier molecular flexibility index (Phi) is 7.42. The van der Waals surface area contributed by atoms with Crippen LogP contribution in [0.5, 0.6) is 0 Å². The average Bonchev–Trinajstić information content (AvgIpc) is 2.89. The minimum atomic E-state index is -0.423. The number of rotatable bonds is 7. The molecular formula is C15H27N3O2S. The minimum Gasteiger partial charge on any atom is -0.392 e. The van der Waals surface area contributed by atoms with Gasteiger partial charge in [-0.2, -0.15) is 0 Å². The number of β-amino-alcohol motifs (C(OH)–C–C–N with tert-alkyl or cyclic N) is 1. The SMILES string of the molecule is C/C=C\C(C)(CNC(=O)[C@@H]1C[C@@H](O)CN1)[C@H](C)/N=C\SC. The van der Waals surface area contributed by atoms with Gasteiger partial charge in [0.15, 0.2) is 0 Å². The van der Waals surface area contributed by atoms with Crippen LogP contribution in [0.15, 0.2) is 17.1 Å². The van der Waals surface area contributed by atoms with Crippen molar-refractivity contribution >= 4 is 23.2 Å². The van der Waals surface area contributed by atoms with Gasteiger partial charge in [-0.05, 0) is 26.5 Å². The van der Waals surface area contributed by atoms with Gasteiger partial charge in [0.25, 0.3) is 0 Å². The molecule has 21 heavy (non-hydrogen) atoms. The van der Waals surface area contributed by atoms with E-state index in [9.17, 15) is 9.90 Å². The van der Waals surface area contributed by atoms with Crippen LogP contribution < -0.4 is 10.6 Å². The zero-order valence-electron chi connectivity index (χ0n) is 13.3. The van der Waals surface area contributed by atoms with Gasteiger partial charge >= 0.3 is 0 Å². The van der Waals surface area contributed by atoms with E-state index in [4.69, 9.17) is 0 Å². The molecule has 1 heterocycles. The molecule has 120 valence electrons. The topological polar surface area (TPSA) is 73.7 Å². The van der Waals surface area contributed by atoms with Crippen LogP contribution in [0.2, 0.25) is 0 Å². The summed E-state index contributed by atoms with van der Waals surface area (Å²) in [6, 6.07) is -0.219. The van der Waals surface area contributed by atoms with Crippen LogP contribution in [0.3, 0.4) is 0 Å². The van der Waals surface area contributed by atoms with Gasteiger partial charge < -0.3 is 15.7 Å². The summed E-state index contributed by atoms with van der Waals surface area (Å²) in [4.78, 5) is 16.6. The van der Waals surface area contributed by atoms with Crippen molar-refractivity contribution in [3.63, 3.8) is 0 Å². The van der Waals surface area contributed by atoms with Gasteiger partial charge in [0, 0.05) is 18.5 Å². The molecule has 0 aromatic rings. The predicted molar refractivity (Wildman–Crippen MR) is 89.8 cm³/mol. The Balaban J connectivity index is 2.61. The van der Waals surface area contributed by atoms with E-state index in [1.54, 1.807) is 11.8 Å². The summed E-state index contributed by atoms with van der Waals surface area (Å²) in [5.41, 5.74) is 1.61. The lowest BCUT2D eigenvalue weighted by molar-refractivity contribution is -0.123. The second kappa shape index (κ2) is 8.56. The van der Waals surface area contributed by atoms with E-state index >= 15 is 0 Å². The number of carbonyl (C=O) groups excluding carboxylic acids is 1. The quantitative estimate of drug-likeness (QED) is 0.375. The molecular weight excluding hydrogens is 286 g/mol. The maximum atomic E-state index is 12.1. The maximum Gasteiger partial charge on any atom is 0.237 e. The van der Waals surface area contributed by atoms with Crippen LogP contribution in [0.1, 0.15) is 27.2 Å². The lowest BCUT2D eigenvalue weighted by atomic mass is 9.82. The average molecular weight is 313 g/mol.